The van der Waals surface area contributed by atoms with Crippen molar-refractivity contribution in [2.24, 2.45) is 0 Å². The summed E-state index contributed by atoms with van der Waals surface area (Å²) in [6.07, 6.45) is 3.37. The maximum atomic E-state index is 13.7. The second-order valence-corrected chi connectivity index (χ2v) is 7.07. The first-order valence-corrected chi connectivity index (χ1v) is 10.9. The first-order valence-electron chi connectivity index (χ1n) is 10.9. The van der Waals surface area contributed by atoms with Crippen LogP contribution in [0.3, 0.4) is 0 Å². The van der Waals surface area contributed by atoms with E-state index in [2.05, 4.69) is 4.98 Å². The number of anilines is 1. The summed E-state index contributed by atoms with van der Waals surface area (Å²) in [5.74, 6) is 0.502. The predicted octanol–water partition coefficient (Wildman–Crippen LogP) is 4.90. The summed E-state index contributed by atoms with van der Waals surface area (Å²) in [6.45, 7) is 7.09. The van der Waals surface area contributed by atoms with Gasteiger partial charge in [0.25, 0.3) is 5.91 Å². The highest BCUT2D eigenvalue weighted by Gasteiger charge is 2.21. The van der Waals surface area contributed by atoms with Gasteiger partial charge in [-0.15, -0.1) is 0 Å². The summed E-state index contributed by atoms with van der Waals surface area (Å²) in [5.41, 5.74) is 2.42. The Labute approximate surface area is 193 Å². The minimum absolute atomic E-state index is 0.224. The van der Waals surface area contributed by atoms with Gasteiger partial charge in [-0.2, -0.15) is 0 Å². The molecule has 0 aliphatic rings. The molecule has 0 saturated heterocycles. The summed E-state index contributed by atoms with van der Waals surface area (Å²) in [6, 6.07) is 15.7. The van der Waals surface area contributed by atoms with Gasteiger partial charge < -0.3 is 19.1 Å². The topological polar surface area (TPSA) is 78.0 Å². The van der Waals surface area contributed by atoms with Crippen molar-refractivity contribution < 1.29 is 23.8 Å². The smallest absolute Gasteiger partial charge is 0.338 e. The van der Waals surface area contributed by atoms with E-state index in [9.17, 15) is 9.59 Å². The molecule has 1 aromatic heterocycles. The fourth-order valence-corrected chi connectivity index (χ4v) is 3.29. The molecule has 0 unspecified atom stereocenters. The highest BCUT2D eigenvalue weighted by molar-refractivity contribution is 6.06. The SMILES string of the molecule is CCOC(=O)c1ccc(N(Cc2ccncc2)C(=O)c2cc(OCC)cc(OCC)c2)cc1. The molecular weight excluding hydrogens is 420 g/mol. The van der Waals surface area contributed by atoms with E-state index in [1.165, 1.54) is 0 Å². The third-order valence-corrected chi connectivity index (χ3v) is 4.77. The normalized spacial score (nSPS) is 10.4. The lowest BCUT2D eigenvalue weighted by atomic mass is 10.1. The van der Waals surface area contributed by atoms with Crippen LogP contribution >= 0.6 is 0 Å². The average Bonchev–Trinajstić information content (AvgIpc) is 2.83. The number of esters is 1. The second-order valence-electron chi connectivity index (χ2n) is 7.07. The molecule has 7 nitrogen and oxygen atoms in total. The monoisotopic (exact) mass is 448 g/mol. The average molecular weight is 449 g/mol. The zero-order valence-corrected chi connectivity index (χ0v) is 19.1. The number of amides is 1. The number of rotatable bonds is 10. The number of carbonyl (C=O) groups is 2. The van der Waals surface area contributed by atoms with Gasteiger partial charge in [-0.25, -0.2) is 4.79 Å². The van der Waals surface area contributed by atoms with Crippen LogP contribution in [0.5, 0.6) is 11.5 Å². The Kier molecular flexibility index (Phi) is 8.41. The summed E-state index contributed by atoms with van der Waals surface area (Å²) >= 11 is 0. The molecule has 33 heavy (non-hydrogen) atoms. The van der Waals surface area contributed by atoms with E-state index in [1.807, 2.05) is 26.0 Å². The van der Waals surface area contributed by atoms with Crippen molar-refractivity contribution in [3.63, 3.8) is 0 Å². The van der Waals surface area contributed by atoms with Gasteiger partial charge in [0, 0.05) is 29.7 Å². The number of hydrogen-bond acceptors (Lipinski definition) is 6. The first kappa shape index (κ1) is 23.8. The van der Waals surface area contributed by atoms with E-state index in [0.717, 1.165) is 5.56 Å². The van der Waals surface area contributed by atoms with Crippen molar-refractivity contribution in [2.75, 3.05) is 24.7 Å². The molecule has 1 amide bonds. The van der Waals surface area contributed by atoms with Gasteiger partial charge >= 0.3 is 5.97 Å². The number of ether oxygens (including phenoxy) is 3. The molecule has 0 saturated carbocycles. The number of hydrogen-bond donors (Lipinski definition) is 0. The molecule has 0 aliphatic heterocycles. The third kappa shape index (κ3) is 6.32. The molecule has 0 radical (unpaired) electrons. The Bertz CT molecular complexity index is 1040. The number of aromatic nitrogens is 1. The predicted molar refractivity (Wildman–Crippen MR) is 126 cm³/mol. The van der Waals surface area contributed by atoms with Gasteiger partial charge in [-0.1, -0.05) is 0 Å². The summed E-state index contributed by atoms with van der Waals surface area (Å²) in [7, 11) is 0. The number of nitrogens with zero attached hydrogens (tertiary/aromatic N) is 2. The molecular formula is C26H28N2O5. The quantitative estimate of drug-likeness (QED) is 0.411. The zero-order valence-electron chi connectivity index (χ0n) is 19.1. The highest BCUT2D eigenvalue weighted by Crippen LogP contribution is 2.27. The molecule has 1 heterocycles. The molecule has 0 atom stereocenters. The van der Waals surface area contributed by atoms with Crippen molar-refractivity contribution >= 4 is 17.6 Å². The Hall–Kier alpha value is -3.87. The van der Waals surface area contributed by atoms with E-state index in [1.54, 1.807) is 66.7 Å². The van der Waals surface area contributed by atoms with Crippen molar-refractivity contribution in [1.82, 2.24) is 4.98 Å². The largest absolute Gasteiger partial charge is 0.494 e. The Balaban J connectivity index is 1.99. The van der Waals surface area contributed by atoms with Gasteiger partial charge in [0.05, 0.1) is 31.9 Å². The molecule has 3 aromatic rings. The minimum Gasteiger partial charge on any atom is -0.494 e. The summed E-state index contributed by atoms with van der Waals surface area (Å²) in [4.78, 5) is 31.4. The van der Waals surface area contributed by atoms with E-state index >= 15 is 0 Å². The van der Waals surface area contributed by atoms with E-state index in [-0.39, 0.29) is 5.91 Å². The van der Waals surface area contributed by atoms with Crippen molar-refractivity contribution in [1.29, 1.82) is 0 Å². The maximum Gasteiger partial charge on any atom is 0.338 e. The lowest BCUT2D eigenvalue weighted by Gasteiger charge is -2.24. The van der Waals surface area contributed by atoms with E-state index in [0.29, 0.717) is 54.7 Å². The number of carbonyl (C=O) groups excluding carboxylic acids is 2. The molecule has 172 valence electrons. The van der Waals surface area contributed by atoms with Gasteiger partial charge in [0.1, 0.15) is 11.5 Å². The molecule has 3 rings (SSSR count). The third-order valence-electron chi connectivity index (χ3n) is 4.77. The van der Waals surface area contributed by atoms with Crippen LogP contribution in [0, 0.1) is 0 Å². The maximum absolute atomic E-state index is 13.7. The number of pyridine rings is 1. The molecule has 2 aromatic carbocycles. The highest BCUT2D eigenvalue weighted by atomic mass is 16.5. The van der Waals surface area contributed by atoms with Gasteiger partial charge in [-0.3, -0.25) is 9.78 Å². The molecule has 0 aliphatic carbocycles. The van der Waals surface area contributed by atoms with Crippen molar-refractivity contribution in [3.05, 3.63) is 83.7 Å². The van der Waals surface area contributed by atoms with Crippen LogP contribution in [-0.4, -0.2) is 36.7 Å². The fraction of sp³-hybridized carbons (Fsp3) is 0.269. The minimum atomic E-state index is -0.401. The zero-order chi connectivity index (χ0) is 23.6. The van der Waals surface area contributed by atoms with Crippen LogP contribution in [0.15, 0.2) is 67.0 Å². The van der Waals surface area contributed by atoms with Crippen molar-refractivity contribution in [3.8, 4) is 11.5 Å². The molecule has 0 bridgehead atoms. The summed E-state index contributed by atoms with van der Waals surface area (Å²) in [5, 5.41) is 0. The molecule has 0 spiro atoms. The van der Waals surface area contributed by atoms with Crippen LogP contribution < -0.4 is 14.4 Å². The fourth-order valence-electron chi connectivity index (χ4n) is 3.29. The van der Waals surface area contributed by atoms with Gasteiger partial charge in [0.15, 0.2) is 0 Å². The van der Waals surface area contributed by atoms with Crippen molar-refractivity contribution in [2.45, 2.75) is 27.3 Å². The van der Waals surface area contributed by atoms with Gasteiger partial charge in [0.2, 0.25) is 0 Å². The summed E-state index contributed by atoms with van der Waals surface area (Å²) < 4.78 is 16.3. The lowest BCUT2D eigenvalue weighted by molar-refractivity contribution is 0.0526. The van der Waals surface area contributed by atoms with Crippen LogP contribution in [0.25, 0.3) is 0 Å². The van der Waals surface area contributed by atoms with E-state index < -0.39 is 5.97 Å². The Morgan fingerprint density at radius 1 is 0.788 bits per heavy atom. The second kappa shape index (κ2) is 11.7. The number of benzene rings is 2. The van der Waals surface area contributed by atoms with E-state index in [4.69, 9.17) is 14.2 Å². The first-order chi connectivity index (χ1) is 16.0. The van der Waals surface area contributed by atoms with Crippen LogP contribution in [0.1, 0.15) is 47.1 Å². The van der Waals surface area contributed by atoms with Gasteiger partial charge in [-0.05, 0) is 74.9 Å². The Morgan fingerprint density at radius 2 is 1.39 bits per heavy atom. The lowest BCUT2D eigenvalue weighted by Crippen LogP contribution is -2.30. The standard InChI is InChI=1S/C26H28N2O5/c1-4-31-23-15-21(16-24(17-23)32-5-2)25(29)28(18-19-11-13-27-14-12-19)22-9-7-20(8-10-22)26(30)33-6-3/h7-17H,4-6,18H2,1-3H3. The Morgan fingerprint density at radius 3 is 1.94 bits per heavy atom. The molecule has 0 N–H and O–H groups in total. The van der Waals surface area contributed by atoms with Crippen LogP contribution in [0.2, 0.25) is 0 Å². The molecule has 7 heteroatoms. The molecule has 0 fully saturated rings. The van der Waals surface area contributed by atoms with Crippen LogP contribution in [0.4, 0.5) is 5.69 Å². The van der Waals surface area contributed by atoms with Crippen LogP contribution in [-0.2, 0) is 11.3 Å².